The fourth-order valence-corrected chi connectivity index (χ4v) is 6.46. The number of hydrogen-bond donors (Lipinski definition) is 1. The standard InChI is InChI=1S/C36H40ClN3O4S/c1-4-5-23-38-36(42)34(24-29-9-7-6-8-10-29)39(25-30-15-17-31(37)18-16-30)35(41)26-40(32-19-11-27(2)12-20-32)45(43,44)33-21-13-28(3)14-22-33/h6-22,34H,4-5,23-26H2,1-3H3,(H,38,42). The van der Waals surface area contributed by atoms with E-state index in [9.17, 15) is 18.0 Å². The summed E-state index contributed by atoms with van der Waals surface area (Å²) in [5, 5.41) is 3.55. The predicted octanol–water partition coefficient (Wildman–Crippen LogP) is 6.71. The molecule has 0 aliphatic heterocycles. The van der Waals surface area contributed by atoms with Crippen molar-refractivity contribution >= 4 is 39.1 Å². The largest absolute Gasteiger partial charge is 0.354 e. The van der Waals surface area contributed by atoms with Gasteiger partial charge in [-0.1, -0.05) is 103 Å². The number of nitrogens with zero attached hydrogens (tertiary/aromatic N) is 2. The number of carbonyl (C=O) groups excluding carboxylic acids is 2. The zero-order valence-corrected chi connectivity index (χ0v) is 27.5. The number of anilines is 1. The molecule has 45 heavy (non-hydrogen) atoms. The molecule has 0 fully saturated rings. The molecule has 0 aliphatic rings. The van der Waals surface area contributed by atoms with Crippen molar-refractivity contribution in [3.05, 3.63) is 130 Å². The number of carbonyl (C=O) groups is 2. The Morgan fingerprint density at radius 1 is 0.800 bits per heavy atom. The third-order valence-corrected chi connectivity index (χ3v) is 9.62. The Kier molecular flexibility index (Phi) is 11.8. The van der Waals surface area contributed by atoms with E-state index in [4.69, 9.17) is 11.6 Å². The first-order valence-corrected chi connectivity index (χ1v) is 16.9. The van der Waals surface area contributed by atoms with Gasteiger partial charge in [0.15, 0.2) is 0 Å². The van der Waals surface area contributed by atoms with E-state index >= 15 is 0 Å². The lowest BCUT2D eigenvalue weighted by atomic mass is 10.0. The molecule has 0 spiro atoms. The summed E-state index contributed by atoms with van der Waals surface area (Å²) in [5.41, 5.74) is 3.86. The summed E-state index contributed by atoms with van der Waals surface area (Å²) in [7, 11) is -4.15. The van der Waals surface area contributed by atoms with Gasteiger partial charge in [-0.3, -0.25) is 13.9 Å². The van der Waals surface area contributed by atoms with Crippen molar-refractivity contribution in [2.24, 2.45) is 0 Å². The molecule has 2 amide bonds. The molecule has 4 aromatic carbocycles. The summed E-state index contributed by atoms with van der Waals surface area (Å²) in [6.07, 6.45) is 1.96. The average molecular weight is 646 g/mol. The summed E-state index contributed by atoms with van der Waals surface area (Å²) in [4.78, 5) is 29.8. The number of sulfonamides is 1. The van der Waals surface area contributed by atoms with Gasteiger partial charge in [-0.05, 0) is 67.8 Å². The topological polar surface area (TPSA) is 86.8 Å². The summed E-state index contributed by atoms with van der Waals surface area (Å²) in [5.74, 6) is -0.800. The summed E-state index contributed by atoms with van der Waals surface area (Å²) in [6.45, 7) is 5.89. The van der Waals surface area contributed by atoms with Gasteiger partial charge < -0.3 is 10.2 Å². The van der Waals surface area contributed by atoms with Gasteiger partial charge in [0, 0.05) is 24.5 Å². The normalized spacial score (nSPS) is 11.9. The Balaban J connectivity index is 1.78. The van der Waals surface area contributed by atoms with Gasteiger partial charge in [-0.15, -0.1) is 0 Å². The molecule has 1 N–H and O–H groups in total. The molecule has 0 saturated heterocycles. The Hall–Kier alpha value is -4.14. The third kappa shape index (κ3) is 9.19. The molecule has 7 nitrogen and oxygen atoms in total. The van der Waals surface area contributed by atoms with Gasteiger partial charge in [0.25, 0.3) is 10.0 Å². The molecular formula is C36H40ClN3O4S. The second-order valence-electron chi connectivity index (χ2n) is 11.2. The van der Waals surface area contributed by atoms with Crippen LogP contribution < -0.4 is 9.62 Å². The lowest BCUT2D eigenvalue weighted by Crippen LogP contribution is -2.53. The fraction of sp³-hybridized carbons (Fsp3) is 0.278. The van der Waals surface area contributed by atoms with Crippen LogP contribution in [0.3, 0.4) is 0 Å². The van der Waals surface area contributed by atoms with Crippen molar-refractivity contribution in [1.29, 1.82) is 0 Å². The van der Waals surface area contributed by atoms with Crippen molar-refractivity contribution in [2.75, 3.05) is 17.4 Å². The van der Waals surface area contributed by atoms with E-state index < -0.39 is 28.5 Å². The molecule has 0 radical (unpaired) electrons. The van der Waals surface area contributed by atoms with E-state index in [-0.39, 0.29) is 23.8 Å². The summed E-state index contributed by atoms with van der Waals surface area (Å²) in [6, 6.07) is 29.2. The maximum absolute atomic E-state index is 14.5. The molecule has 1 unspecified atom stereocenters. The van der Waals surface area contributed by atoms with Crippen LogP contribution in [-0.2, 0) is 32.6 Å². The number of hydrogen-bond acceptors (Lipinski definition) is 4. The Morgan fingerprint density at radius 3 is 2.00 bits per heavy atom. The van der Waals surface area contributed by atoms with Gasteiger partial charge in [-0.25, -0.2) is 8.42 Å². The van der Waals surface area contributed by atoms with E-state index in [2.05, 4.69) is 5.32 Å². The van der Waals surface area contributed by atoms with Crippen LogP contribution in [0.4, 0.5) is 5.69 Å². The molecule has 9 heteroatoms. The maximum atomic E-state index is 14.5. The van der Waals surface area contributed by atoms with Crippen molar-refractivity contribution in [3.8, 4) is 0 Å². The molecule has 1 atom stereocenters. The lowest BCUT2D eigenvalue weighted by Gasteiger charge is -2.34. The molecule has 0 aromatic heterocycles. The second-order valence-corrected chi connectivity index (χ2v) is 13.5. The van der Waals surface area contributed by atoms with Crippen LogP contribution in [0.2, 0.25) is 5.02 Å². The first kappa shape index (κ1) is 33.7. The molecule has 0 aliphatic carbocycles. The second kappa shape index (κ2) is 15.7. The average Bonchev–Trinajstić information content (AvgIpc) is 3.03. The lowest BCUT2D eigenvalue weighted by molar-refractivity contribution is -0.140. The van der Waals surface area contributed by atoms with Crippen LogP contribution in [0.1, 0.15) is 42.0 Å². The Bertz CT molecular complexity index is 1660. The SMILES string of the molecule is CCCCNC(=O)C(Cc1ccccc1)N(Cc1ccc(Cl)cc1)C(=O)CN(c1ccc(C)cc1)S(=O)(=O)c1ccc(C)cc1. The molecule has 0 heterocycles. The van der Waals surface area contributed by atoms with Crippen molar-refractivity contribution in [1.82, 2.24) is 10.2 Å². The molecule has 4 rings (SSSR count). The van der Waals surface area contributed by atoms with Crippen LogP contribution in [0.15, 0.2) is 108 Å². The Morgan fingerprint density at radius 2 is 1.40 bits per heavy atom. The molecule has 4 aromatic rings. The van der Waals surface area contributed by atoms with Crippen molar-refractivity contribution in [3.63, 3.8) is 0 Å². The number of benzene rings is 4. The number of nitrogens with one attached hydrogen (secondary N) is 1. The summed E-state index contributed by atoms with van der Waals surface area (Å²) >= 11 is 6.15. The minimum absolute atomic E-state index is 0.0730. The molecular weight excluding hydrogens is 606 g/mol. The van der Waals surface area contributed by atoms with Crippen molar-refractivity contribution in [2.45, 2.75) is 57.5 Å². The van der Waals surface area contributed by atoms with Crippen LogP contribution in [0.5, 0.6) is 0 Å². The molecule has 0 saturated carbocycles. The number of halogens is 1. The van der Waals surface area contributed by atoms with E-state index in [0.29, 0.717) is 17.3 Å². The van der Waals surface area contributed by atoms with Gasteiger partial charge in [0.1, 0.15) is 12.6 Å². The van der Waals surface area contributed by atoms with Gasteiger partial charge in [0.2, 0.25) is 11.8 Å². The van der Waals surface area contributed by atoms with Gasteiger partial charge in [0.05, 0.1) is 10.6 Å². The third-order valence-electron chi connectivity index (χ3n) is 7.58. The van der Waals surface area contributed by atoms with Crippen LogP contribution in [-0.4, -0.2) is 44.3 Å². The molecule has 236 valence electrons. The number of unbranched alkanes of at least 4 members (excludes halogenated alkanes) is 1. The van der Waals surface area contributed by atoms with Crippen LogP contribution in [0.25, 0.3) is 0 Å². The predicted molar refractivity (Wildman–Crippen MR) is 181 cm³/mol. The smallest absolute Gasteiger partial charge is 0.264 e. The monoisotopic (exact) mass is 645 g/mol. The zero-order chi connectivity index (χ0) is 32.4. The van der Waals surface area contributed by atoms with E-state index in [1.54, 1.807) is 60.7 Å². The number of rotatable bonds is 14. The van der Waals surface area contributed by atoms with Crippen LogP contribution in [0, 0.1) is 13.8 Å². The van der Waals surface area contributed by atoms with Crippen molar-refractivity contribution < 1.29 is 18.0 Å². The van der Waals surface area contributed by atoms with E-state index in [0.717, 1.165) is 39.4 Å². The number of aryl methyl sites for hydroxylation is 2. The highest BCUT2D eigenvalue weighted by molar-refractivity contribution is 7.92. The zero-order valence-electron chi connectivity index (χ0n) is 25.9. The fourth-order valence-electron chi connectivity index (χ4n) is 4.92. The Labute approximate surface area is 271 Å². The first-order valence-electron chi connectivity index (χ1n) is 15.1. The van der Waals surface area contributed by atoms with Gasteiger partial charge >= 0.3 is 0 Å². The maximum Gasteiger partial charge on any atom is 0.264 e. The first-order chi connectivity index (χ1) is 21.6. The number of amides is 2. The highest BCUT2D eigenvalue weighted by atomic mass is 35.5. The van der Waals surface area contributed by atoms with E-state index in [1.165, 1.54) is 4.90 Å². The van der Waals surface area contributed by atoms with E-state index in [1.807, 2.05) is 63.2 Å². The highest BCUT2D eigenvalue weighted by Crippen LogP contribution is 2.26. The summed E-state index contributed by atoms with van der Waals surface area (Å²) < 4.78 is 29.4. The minimum atomic E-state index is -4.15. The van der Waals surface area contributed by atoms with Gasteiger partial charge in [-0.2, -0.15) is 0 Å². The quantitative estimate of drug-likeness (QED) is 0.155. The van der Waals surface area contributed by atoms with Crippen LogP contribution >= 0.6 is 11.6 Å². The molecule has 0 bridgehead atoms. The highest BCUT2D eigenvalue weighted by Gasteiger charge is 2.34. The minimum Gasteiger partial charge on any atom is -0.354 e.